The van der Waals surface area contributed by atoms with Crippen LogP contribution in [0.4, 0.5) is 10.5 Å². The van der Waals surface area contributed by atoms with E-state index in [1.165, 1.54) is 38.5 Å². The molecule has 27 heavy (non-hydrogen) atoms. The van der Waals surface area contributed by atoms with Gasteiger partial charge in [-0.25, -0.2) is 17.9 Å². The summed E-state index contributed by atoms with van der Waals surface area (Å²) >= 11 is 6.02. The molecule has 2 aromatic carbocycles. The number of hydrogen-bond donors (Lipinski definition) is 2. The molecule has 0 aliphatic rings. The zero-order valence-electron chi connectivity index (χ0n) is 15.2. The molecular formula is C18H21ClN2O5S. The van der Waals surface area contributed by atoms with E-state index in [1.54, 1.807) is 25.1 Å². The monoisotopic (exact) mass is 412 g/mol. The van der Waals surface area contributed by atoms with Crippen LogP contribution in [0.5, 0.6) is 0 Å². The second-order valence-electron chi connectivity index (χ2n) is 5.91. The van der Waals surface area contributed by atoms with Crippen molar-refractivity contribution in [3.8, 4) is 0 Å². The number of amides is 1. The number of ether oxygens (including phenoxy) is 2. The van der Waals surface area contributed by atoms with Crippen molar-refractivity contribution in [1.29, 1.82) is 0 Å². The van der Waals surface area contributed by atoms with E-state index < -0.39 is 21.7 Å². The molecule has 2 aromatic rings. The number of sulfonamides is 1. The van der Waals surface area contributed by atoms with Gasteiger partial charge in [-0.2, -0.15) is 0 Å². The molecule has 0 heterocycles. The maximum absolute atomic E-state index is 12.6. The highest BCUT2D eigenvalue weighted by Crippen LogP contribution is 2.27. The molecule has 1 unspecified atom stereocenters. The van der Waals surface area contributed by atoms with E-state index in [0.29, 0.717) is 10.7 Å². The van der Waals surface area contributed by atoms with E-state index in [0.717, 1.165) is 5.56 Å². The Bertz CT molecular complexity index is 902. The van der Waals surface area contributed by atoms with Gasteiger partial charge in [0, 0.05) is 24.4 Å². The molecule has 2 N–H and O–H groups in total. The minimum absolute atomic E-state index is 0.00827. The van der Waals surface area contributed by atoms with E-state index in [4.69, 9.17) is 16.3 Å². The third kappa shape index (κ3) is 5.43. The number of rotatable bonds is 7. The topological polar surface area (TPSA) is 93.7 Å². The number of hydrogen-bond acceptors (Lipinski definition) is 5. The van der Waals surface area contributed by atoms with Crippen LogP contribution in [-0.4, -0.2) is 35.3 Å². The summed E-state index contributed by atoms with van der Waals surface area (Å²) in [4.78, 5) is 11.2. The number of carbonyl (C=O) groups is 1. The number of carbonyl (C=O) groups excluding carboxylic acids is 1. The molecule has 146 valence electrons. The second-order valence-corrected chi connectivity index (χ2v) is 8.11. The Hall–Kier alpha value is -2.13. The highest BCUT2D eigenvalue weighted by Gasteiger charge is 2.29. The average Bonchev–Trinajstić information content (AvgIpc) is 2.66. The zero-order chi connectivity index (χ0) is 20.1. The van der Waals surface area contributed by atoms with Gasteiger partial charge in [-0.3, -0.25) is 5.32 Å². The van der Waals surface area contributed by atoms with Crippen molar-refractivity contribution in [2.75, 3.05) is 26.1 Å². The average molecular weight is 413 g/mol. The number of benzene rings is 2. The molecule has 0 aromatic heterocycles. The predicted molar refractivity (Wildman–Crippen MR) is 103 cm³/mol. The van der Waals surface area contributed by atoms with E-state index in [2.05, 4.69) is 14.8 Å². The van der Waals surface area contributed by atoms with Crippen LogP contribution < -0.4 is 10.0 Å². The normalized spacial score (nSPS) is 13.6. The fourth-order valence-electron chi connectivity index (χ4n) is 2.31. The third-order valence-electron chi connectivity index (χ3n) is 4.08. The van der Waals surface area contributed by atoms with Crippen molar-refractivity contribution in [3.63, 3.8) is 0 Å². The van der Waals surface area contributed by atoms with Crippen molar-refractivity contribution in [2.24, 2.45) is 0 Å². The van der Waals surface area contributed by atoms with Crippen LogP contribution in [0.1, 0.15) is 12.5 Å². The van der Waals surface area contributed by atoms with Gasteiger partial charge in [-0.05, 0) is 48.9 Å². The summed E-state index contributed by atoms with van der Waals surface area (Å²) in [5.41, 5.74) is 0.268. The molecule has 7 nitrogen and oxygen atoms in total. The van der Waals surface area contributed by atoms with Gasteiger partial charge in [0.1, 0.15) is 5.60 Å². The molecule has 0 saturated heterocycles. The van der Waals surface area contributed by atoms with Crippen LogP contribution in [-0.2, 0) is 25.1 Å². The first-order valence-electron chi connectivity index (χ1n) is 7.96. The van der Waals surface area contributed by atoms with Crippen molar-refractivity contribution in [2.45, 2.75) is 17.4 Å². The minimum Gasteiger partial charge on any atom is -0.453 e. The lowest BCUT2D eigenvalue weighted by Crippen LogP contribution is -2.40. The Labute approximate surface area is 163 Å². The largest absolute Gasteiger partial charge is 0.453 e. The third-order valence-corrected chi connectivity index (χ3v) is 5.73. The van der Waals surface area contributed by atoms with Crippen molar-refractivity contribution in [1.82, 2.24) is 4.72 Å². The van der Waals surface area contributed by atoms with Gasteiger partial charge in [0.2, 0.25) is 10.0 Å². The number of halogens is 1. The maximum atomic E-state index is 12.6. The number of anilines is 1. The van der Waals surface area contributed by atoms with Crippen molar-refractivity contribution < 1.29 is 22.7 Å². The Morgan fingerprint density at radius 2 is 1.81 bits per heavy atom. The lowest BCUT2D eigenvalue weighted by molar-refractivity contribution is 0.00699. The first kappa shape index (κ1) is 21.2. The molecular weight excluding hydrogens is 392 g/mol. The molecule has 0 saturated carbocycles. The molecule has 2 rings (SSSR count). The second kappa shape index (κ2) is 8.71. The van der Waals surface area contributed by atoms with Gasteiger partial charge in [-0.15, -0.1) is 0 Å². The molecule has 1 amide bonds. The highest BCUT2D eigenvalue weighted by atomic mass is 35.5. The van der Waals surface area contributed by atoms with Gasteiger partial charge in [0.25, 0.3) is 0 Å². The summed E-state index contributed by atoms with van der Waals surface area (Å²) in [5.74, 6) is 0. The minimum atomic E-state index is -3.78. The van der Waals surface area contributed by atoms with Gasteiger partial charge >= 0.3 is 6.09 Å². The molecule has 0 aliphatic carbocycles. The zero-order valence-corrected chi connectivity index (χ0v) is 16.7. The van der Waals surface area contributed by atoms with Gasteiger partial charge < -0.3 is 9.47 Å². The summed E-state index contributed by atoms with van der Waals surface area (Å²) in [6, 6.07) is 12.8. The maximum Gasteiger partial charge on any atom is 0.411 e. The van der Waals surface area contributed by atoms with E-state index >= 15 is 0 Å². The van der Waals surface area contributed by atoms with E-state index in [1.807, 2.05) is 6.07 Å². The summed E-state index contributed by atoms with van der Waals surface area (Å²) in [6.45, 7) is 1.78. The lowest BCUT2D eigenvalue weighted by Gasteiger charge is -2.29. The predicted octanol–water partition coefficient (Wildman–Crippen LogP) is 3.36. The molecule has 1 atom stereocenters. The van der Waals surface area contributed by atoms with Crippen LogP contribution in [0.25, 0.3) is 0 Å². The quantitative estimate of drug-likeness (QED) is 0.727. The fraction of sp³-hybridized carbons (Fsp3) is 0.278. The molecule has 0 spiro atoms. The van der Waals surface area contributed by atoms with Crippen LogP contribution in [0, 0.1) is 0 Å². The SMILES string of the molecule is COC(=O)Nc1ccc(S(=O)(=O)NCC(C)(OC)c2cccc(Cl)c2)cc1. The Kier molecular flexibility index (Phi) is 6.83. The molecule has 0 bridgehead atoms. The first-order chi connectivity index (χ1) is 12.7. The lowest BCUT2D eigenvalue weighted by atomic mass is 9.96. The van der Waals surface area contributed by atoms with E-state index in [-0.39, 0.29) is 11.4 Å². The van der Waals surface area contributed by atoms with Crippen LogP contribution >= 0.6 is 11.6 Å². The van der Waals surface area contributed by atoms with Crippen molar-refractivity contribution in [3.05, 3.63) is 59.1 Å². The van der Waals surface area contributed by atoms with Gasteiger partial charge in [-0.1, -0.05) is 23.7 Å². The van der Waals surface area contributed by atoms with Crippen molar-refractivity contribution >= 4 is 33.4 Å². The Morgan fingerprint density at radius 1 is 1.15 bits per heavy atom. The molecule has 0 fully saturated rings. The van der Waals surface area contributed by atoms with Crippen LogP contribution in [0.15, 0.2) is 53.4 Å². The molecule has 9 heteroatoms. The van der Waals surface area contributed by atoms with Gasteiger partial charge in [0.15, 0.2) is 0 Å². The Morgan fingerprint density at radius 3 is 2.37 bits per heavy atom. The number of nitrogens with one attached hydrogen (secondary N) is 2. The van der Waals surface area contributed by atoms with Crippen LogP contribution in [0.3, 0.4) is 0 Å². The number of methoxy groups -OCH3 is 2. The Balaban J connectivity index is 2.14. The smallest absolute Gasteiger partial charge is 0.411 e. The molecule has 0 aliphatic heterocycles. The summed E-state index contributed by atoms with van der Waals surface area (Å²) < 4.78 is 37.7. The standard InChI is InChI=1S/C18H21ClN2O5S/c1-18(26-3,13-5-4-6-14(19)11-13)12-20-27(23,24)16-9-7-15(8-10-16)21-17(22)25-2/h4-11,20H,12H2,1-3H3,(H,21,22). The summed E-state index contributed by atoms with van der Waals surface area (Å²) in [7, 11) is -1.04. The fourth-order valence-corrected chi connectivity index (χ4v) is 3.63. The summed E-state index contributed by atoms with van der Waals surface area (Å²) in [6.07, 6.45) is -0.638. The highest BCUT2D eigenvalue weighted by molar-refractivity contribution is 7.89. The van der Waals surface area contributed by atoms with E-state index in [9.17, 15) is 13.2 Å². The van der Waals surface area contributed by atoms with Crippen LogP contribution in [0.2, 0.25) is 5.02 Å². The first-order valence-corrected chi connectivity index (χ1v) is 9.82. The van der Waals surface area contributed by atoms with Gasteiger partial charge in [0.05, 0.1) is 12.0 Å². The summed E-state index contributed by atoms with van der Waals surface area (Å²) in [5, 5.41) is 2.99. The molecule has 0 radical (unpaired) electrons.